The van der Waals surface area contributed by atoms with Crippen molar-refractivity contribution < 1.29 is 4.74 Å². The minimum atomic E-state index is 0.810. The van der Waals surface area contributed by atoms with E-state index in [9.17, 15) is 0 Å². The van der Waals surface area contributed by atoms with Crippen molar-refractivity contribution in [3.63, 3.8) is 0 Å². The summed E-state index contributed by atoms with van der Waals surface area (Å²) in [5, 5.41) is 4.59. The Morgan fingerprint density at radius 3 is 2.83 bits per heavy atom. The largest absolute Gasteiger partial charge is 0.496 e. The lowest BCUT2D eigenvalue weighted by atomic mass is 10.1. The maximum atomic E-state index is 5.41. The average molecular weight is 327 g/mol. The monoisotopic (exact) mass is 327 g/mol. The number of thiophene rings is 1. The molecule has 0 aliphatic heterocycles. The smallest absolute Gasteiger partial charge is 0.138 e. The van der Waals surface area contributed by atoms with E-state index in [4.69, 9.17) is 4.74 Å². The van der Waals surface area contributed by atoms with Crippen LogP contribution >= 0.6 is 11.3 Å². The summed E-state index contributed by atoms with van der Waals surface area (Å²) in [7, 11) is 1.71. The number of fused-ring (bicyclic) bond motifs is 1. The molecule has 0 fully saturated rings. The van der Waals surface area contributed by atoms with Gasteiger partial charge in [0, 0.05) is 17.8 Å². The number of nitrogens with zero attached hydrogens (tertiary/aromatic N) is 2. The first-order valence-electron chi connectivity index (χ1n) is 7.84. The first kappa shape index (κ1) is 15.7. The van der Waals surface area contributed by atoms with Crippen LogP contribution in [0.5, 0.6) is 5.75 Å². The second-order valence-electron chi connectivity index (χ2n) is 5.41. The number of ether oxygens (including phenoxy) is 1. The third-order valence-electron chi connectivity index (χ3n) is 3.76. The number of aryl methyl sites for hydroxylation is 2. The van der Waals surface area contributed by atoms with Gasteiger partial charge in [0.25, 0.3) is 0 Å². The molecule has 0 saturated carbocycles. The molecule has 0 spiro atoms. The van der Waals surface area contributed by atoms with Gasteiger partial charge in [0.2, 0.25) is 0 Å². The molecule has 4 nitrogen and oxygen atoms in total. The Morgan fingerprint density at radius 2 is 2.04 bits per heavy atom. The quantitative estimate of drug-likeness (QED) is 0.736. The van der Waals surface area contributed by atoms with Crippen LogP contribution in [0.3, 0.4) is 0 Å². The lowest BCUT2D eigenvalue weighted by Gasteiger charge is -2.10. The van der Waals surface area contributed by atoms with E-state index in [0.717, 1.165) is 47.0 Å². The van der Waals surface area contributed by atoms with Crippen molar-refractivity contribution in [2.24, 2.45) is 0 Å². The number of aromatic nitrogens is 2. The van der Waals surface area contributed by atoms with Crippen LogP contribution in [0.15, 0.2) is 30.3 Å². The molecule has 2 aromatic heterocycles. The number of methoxy groups -OCH3 is 1. The number of nitrogens with one attached hydrogen (secondary N) is 1. The van der Waals surface area contributed by atoms with Gasteiger partial charge in [-0.15, -0.1) is 11.3 Å². The van der Waals surface area contributed by atoms with Crippen LogP contribution in [-0.2, 0) is 12.8 Å². The molecule has 23 heavy (non-hydrogen) atoms. The number of hydrogen-bond donors (Lipinski definition) is 1. The van der Waals surface area contributed by atoms with E-state index in [-0.39, 0.29) is 0 Å². The van der Waals surface area contributed by atoms with Crippen molar-refractivity contribution in [1.29, 1.82) is 0 Å². The van der Waals surface area contributed by atoms with Crippen molar-refractivity contribution in [1.82, 2.24) is 9.97 Å². The maximum Gasteiger partial charge on any atom is 0.138 e. The van der Waals surface area contributed by atoms with Gasteiger partial charge >= 0.3 is 0 Å². The molecule has 0 bridgehead atoms. The lowest BCUT2D eigenvalue weighted by molar-refractivity contribution is 0.410. The van der Waals surface area contributed by atoms with Crippen LogP contribution in [0.4, 0.5) is 5.82 Å². The minimum Gasteiger partial charge on any atom is -0.496 e. The van der Waals surface area contributed by atoms with Gasteiger partial charge in [-0.1, -0.05) is 25.1 Å². The highest BCUT2D eigenvalue weighted by Gasteiger charge is 2.10. The molecule has 5 heteroatoms. The van der Waals surface area contributed by atoms with E-state index in [1.54, 1.807) is 18.4 Å². The summed E-state index contributed by atoms with van der Waals surface area (Å²) >= 11 is 1.72. The molecule has 0 atom stereocenters. The number of para-hydroxylation sites is 1. The van der Waals surface area contributed by atoms with Gasteiger partial charge < -0.3 is 10.1 Å². The predicted octanol–water partition coefficient (Wildman–Crippen LogP) is 4.23. The second kappa shape index (κ2) is 6.96. The number of rotatable bonds is 6. The van der Waals surface area contributed by atoms with Gasteiger partial charge in [-0.3, -0.25) is 0 Å². The summed E-state index contributed by atoms with van der Waals surface area (Å²) in [5.74, 6) is 2.76. The molecule has 1 N–H and O–H groups in total. The Bertz CT molecular complexity index is 813. The molecule has 0 radical (unpaired) electrons. The van der Waals surface area contributed by atoms with Gasteiger partial charge in [-0.05, 0) is 31.0 Å². The Kier molecular flexibility index (Phi) is 4.76. The van der Waals surface area contributed by atoms with Crippen LogP contribution in [0.1, 0.15) is 23.2 Å². The van der Waals surface area contributed by atoms with Crippen molar-refractivity contribution in [2.45, 2.75) is 26.7 Å². The zero-order valence-electron chi connectivity index (χ0n) is 13.7. The lowest BCUT2D eigenvalue weighted by Crippen LogP contribution is -2.09. The maximum absolute atomic E-state index is 5.41. The standard InChI is InChI=1S/C18H21N3OS/c1-4-16-20-17(14-11-12(2)23-18(14)21-16)19-10-9-13-7-5-6-8-15(13)22-3/h5-8,11H,4,9-10H2,1-3H3,(H,19,20,21). The molecule has 0 unspecified atom stereocenters. The summed E-state index contributed by atoms with van der Waals surface area (Å²) in [6.45, 7) is 5.00. The minimum absolute atomic E-state index is 0.810. The molecule has 0 aliphatic carbocycles. The SMILES string of the molecule is CCc1nc(NCCc2ccccc2OC)c2cc(C)sc2n1. The molecular formula is C18H21N3OS. The topological polar surface area (TPSA) is 47.0 Å². The molecule has 0 saturated heterocycles. The van der Waals surface area contributed by atoms with E-state index >= 15 is 0 Å². The van der Waals surface area contributed by atoms with Gasteiger partial charge in [-0.25, -0.2) is 9.97 Å². The molecule has 0 amide bonds. The summed E-state index contributed by atoms with van der Waals surface area (Å²) in [6, 6.07) is 10.3. The Balaban J connectivity index is 1.78. The fraction of sp³-hybridized carbons (Fsp3) is 0.333. The van der Waals surface area contributed by atoms with Crippen LogP contribution in [0, 0.1) is 6.92 Å². The fourth-order valence-electron chi connectivity index (χ4n) is 2.60. The van der Waals surface area contributed by atoms with Crippen LogP contribution in [0.25, 0.3) is 10.2 Å². The summed E-state index contributed by atoms with van der Waals surface area (Å²) in [6.07, 6.45) is 1.73. The average Bonchev–Trinajstić information content (AvgIpc) is 2.95. The van der Waals surface area contributed by atoms with E-state index in [2.05, 4.69) is 41.3 Å². The number of hydrogen-bond acceptors (Lipinski definition) is 5. The van der Waals surface area contributed by atoms with Crippen LogP contribution in [0.2, 0.25) is 0 Å². The molecular weight excluding hydrogens is 306 g/mol. The molecule has 2 heterocycles. The van der Waals surface area contributed by atoms with Crippen LogP contribution < -0.4 is 10.1 Å². The van der Waals surface area contributed by atoms with Crippen molar-refractivity contribution in [3.05, 3.63) is 46.6 Å². The van der Waals surface area contributed by atoms with Gasteiger partial charge in [0.15, 0.2) is 0 Å². The Morgan fingerprint density at radius 1 is 1.22 bits per heavy atom. The fourth-order valence-corrected chi connectivity index (χ4v) is 3.50. The zero-order chi connectivity index (χ0) is 16.2. The zero-order valence-corrected chi connectivity index (χ0v) is 14.5. The summed E-state index contributed by atoms with van der Waals surface area (Å²) in [5.41, 5.74) is 1.20. The van der Waals surface area contributed by atoms with E-state index in [0.29, 0.717) is 0 Å². The van der Waals surface area contributed by atoms with E-state index < -0.39 is 0 Å². The summed E-state index contributed by atoms with van der Waals surface area (Å²) in [4.78, 5) is 11.6. The van der Waals surface area contributed by atoms with Crippen molar-refractivity contribution in [2.75, 3.05) is 19.0 Å². The normalized spacial score (nSPS) is 10.9. The highest BCUT2D eigenvalue weighted by atomic mass is 32.1. The van der Waals surface area contributed by atoms with Crippen molar-refractivity contribution >= 4 is 27.4 Å². The third-order valence-corrected chi connectivity index (χ3v) is 4.70. The first-order valence-corrected chi connectivity index (χ1v) is 8.65. The highest BCUT2D eigenvalue weighted by molar-refractivity contribution is 7.18. The Hall–Kier alpha value is -2.14. The summed E-state index contributed by atoms with van der Waals surface area (Å²) < 4.78 is 5.41. The highest BCUT2D eigenvalue weighted by Crippen LogP contribution is 2.28. The Labute approximate surface area is 140 Å². The molecule has 120 valence electrons. The van der Waals surface area contributed by atoms with Gasteiger partial charge in [-0.2, -0.15) is 0 Å². The van der Waals surface area contributed by atoms with E-state index in [1.165, 1.54) is 10.4 Å². The first-order chi connectivity index (χ1) is 11.2. The molecule has 3 aromatic rings. The molecule has 3 rings (SSSR count). The van der Waals surface area contributed by atoms with E-state index in [1.807, 2.05) is 18.2 Å². The van der Waals surface area contributed by atoms with Crippen molar-refractivity contribution in [3.8, 4) is 5.75 Å². The van der Waals surface area contributed by atoms with Crippen LogP contribution in [-0.4, -0.2) is 23.6 Å². The molecule has 0 aliphatic rings. The predicted molar refractivity (Wildman–Crippen MR) is 96.7 cm³/mol. The molecule has 1 aromatic carbocycles. The second-order valence-corrected chi connectivity index (χ2v) is 6.64. The third kappa shape index (κ3) is 3.45. The van der Waals surface area contributed by atoms with Gasteiger partial charge in [0.05, 0.1) is 12.5 Å². The van der Waals surface area contributed by atoms with Gasteiger partial charge in [0.1, 0.15) is 22.2 Å². The number of anilines is 1. The number of benzene rings is 1.